The van der Waals surface area contributed by atoms with E-state index < -0.39 is 23.2 Å². The van der Waals surface area contributed by atoms with Gasteiger partial charge >= 0.3 is 5.97 Å². The highest BCUT2D eigenvalue weighted by Crippen LogP contribution is 2.41. The number of carboxylic acid groups (broad SMARTS) is 1. The van der Waals surface area contributed by atoms with E-state index in [4.69, 9.17) is 4.74 Å². The van der Waals surface area contributed by atoms with Crippen LogP contribution < -0.4 is 10.1 Å². The van der Waals surface area contributed by atoms with E-state index in [1.54, 1.807) is 44.4 Å². The average Bonchev–Trinajstić information content (AvgIpc) is 3.12. The topological polar surface area (TPSA) is 93.5 Å². The van der Waals surface area contributed by atoms with Crippen LogP contribution in [0.5, 0.6) is 5.75 Å². The zero-order valence-corrected chi connectivity index (χ0v) is 16.5. The first-order valence-corrected chi connectivity index (χ1v) is 9.39. The minimum absolute atomic E-state index is 0.00332. The number of halogens is 1. The molecule has 4 rings (SSSR count). The molecule has 0 aliphatic carbocycles. The van der Waals surface area contributed by atoms with E-state index in [1.807, 2.05) is 0 Å². The first-order chi connectivity index (χ1) is 14.3. The summed E-state index contributed by atoms with van der Waals surface area (Å²) in [5.41, 5.74) is 0.540. The van der Waals surface area contributed by atoms with Crippen LogP contribution in [-0.2, 0) is 12.6 Å². The predicted molar refractivity (Wildman–Crippen MR) is 106 cm³/mol. The fourth-order valence-electron chi connectivity index (χ4n) is 3.76. The Kier molecular flexibility index (Phi) is 4.77. The number of rotatable bonds is 4. The van der Waals surface area contributed by atoms with Crippen molar-refractivity contribution < 1.29 is 23.8 Å². The Morgan fingerprint density at radius 2 is 2.10 bits per heavy atom. The Bertz CT molecular complexity index is 1160. The van der Waals surface area contributed by atoms with E-state index in [1.165, 1.54) is 22.9 Å². The van der Waals surface area contributed by atoms with Gasteiger partial charge in [-0.05, 0) is 42.3 Å². The lowest BCUT2D eigenvalue weighted by Gasteiger charge is -2.39. The number of aromatic carboxylic acids is 1. The maximum atomic E-state index is 14.5. The highest BCUT2D eigenvalue weighted by atomic mass is 19.1. The molecule has 2 aromatic heterocycles. The van der Waals surface area contributed by atoms with Gasteiger partial charge in [0.1, 0.15) is 28.5 Å². The van der Waals surface area contributed by atoms with Crippen molar-refractivity contribution in [2.45, 2.75) is 18.9 Å². The number of carbonyl (C=O) groups is 2. The monoisotopic (exact) mass is 409 g/mol. The number of benzene rings is 1. The van der Waals surface area contributed by atoms with Crippen LogP contribution in [0.2, 0.25) is 0 Å². The van der Waals surface area contributed by atoms with Crippen molar-refractivity contribution in [1.29, 1.82) is 0 Å². The Hall–Kier alpha value is -3.68. The van der Waals surface area contributed by atoms with Crippen molar-refractivity contribution in [2.75, 3.05) is 6.61 Å². The van der Waals surface area contributed by atoms with Gasteiger partial charge in [0.15, 0.2) is 0 Å². The summed E-state index contributed by atoms with van der Waals surface area (Å²) in [4.78, 5) is 28.9. The second-order valence-electron chi connectivity index (χ2n) is 7.30. The molecule has 1 aliphatic rings. The van der Waals surface area contributed by atoms with E-state index in [2.05, 4.69) is 10.3 Å². The van der Waals surface area contributed by atoms with E-state index in [-0.39, 0.29) is 11.3 Å². The van der Waals surface area contributed by atoms with Crippen LogP contribution in [-0.4, -0.2) is 33.1 Å². The third-order valence-corrected chi connectivity index (χ3v) is 5.39. The lowest BCUT2D eigenvalue weighted by molar-refractivity contribution is 0.0696. The molecule has 0 bridgehead atoms. The Morgan fingerprint density at radius 3 is 2.80 bits per heavy atom. The molecule has 154 valence electrons. The van der Waals surface area contributed by atoms with Gasteiger partial charge < -0.3 is 19.7 Å². The number of nitrogens with one attached hydrogen (secondary N) is 1. The van der Waals surface area contributed by atoms with Crippen LogP contribution in [0.15, 0.2) is 48.8 Å². The fraction of sp³-hybridized carbons (Fsp3) is 0.227. The predicted octanol–water partition coefficient (Wildman–Crippen LogP) is 3.02. The Balaban J connectivity index is 1.84. The molecule has 3 aromatic rings. The van der Waals surface area contributed by atoms with Gasteiger partial charge in [-0.3, -0.25) is 9.78 Å². The summed E-state index contributed by atoms with van der Waals surface area (Å²) in [7, 11) is 1.59. The third-order valence-electron chi connectivity index (χ3n) is 5.39. The number of amides is 1. The summed E-state index contributed by atoms with van der Waals surface area (Å²) in [6, 6.07) is 9.59. The van der Waals surface area contributed by atoms with E-state index >= 15 is 0 Å². The standard InChI is InChI=1S/C22H20FN3O4/c1-13-5-6-15(11-16(13)23)22(7-9-30-18-4-3-8-24-19(18)22)25-20(27)17-10-14(21(28)29)12-26(17)2/h3-6,8,10-12H,7,9H2,1-2H3,(H,25,27)(H,28,29)/t22-/m0/s1. The number of hydrogen-bond acceptors (Lipinski definition) is 4. The molecule has 7 nitrogen and oxygen atoms in total. The molecule has 8 heteroatoms. The van der Waals surface area contributed by atoms with Crippen LogP contribution in [0.25, 0.3) is 0 Å². The number of carboxylic acids is 1. The van der Waals surface area contributed by atoms with Gasteiger partial charge in [0.05, 0.1) is 12.2 Å². The van der Waals surface area contributed by atoms with E-state index in [0.717, 1.165) is 0 Å². The van der Waals surface area contributed by atoms with Crippen molar-refractivity contribution in [3.63, 3.8) is 0 Å². The zero-order chi connectivity index (χ0) is 21.5. The normalized spacial score (nSPS) is 17.7. The van der Waals surface area contributed by atoms with Crippen LogP contribution >= 0.6 is 0 Å². The molecule has 1 aliphatic heterocycles. The molecule has 1 atom stereocenters. The summed E-state index contributed by atoms with van der Waals surface area (Å²) in [6.45, 7) is 1.96. The number of aryl methyl sites for hydroxylation is 2. The lowest BCUT2D eigenvalue weighted by atomic mass is 9.81. The van der Waals surface area contributed by atoms with Crippen molar-refractivity contribution in [1.82, 2.24) is 14.9 Å². The van der Waals surface area contributed by atoms with E-state index in [0.29, 0.717) is 35.6 Å². The SMILES string of the molecule is Cc1ccc([C@@]2(NC(=O)c3cc(C(=O)O)cn3C)CCOc3cccnc32)cc1F. The first kappa shape index (κ1) is 19.6. The van der Waals surface area contributed by atoms with Crippen molar-refractivity contribution >= 4 is 11.9 Å². The molecule has 0 saturated heterocycles. The molecule has 0 fully saturated rings. The average molecular weight is 409 g/mol. The maximum Gasteiger partial charge on any atom is 0.337 e. The first-order valence-electron chi connectivity index (χ1n) is 9.39. The van der Waals surface area contributed by atoms with E-state index in [9.17, 15) is 19.1 Å². The highest BCUT2D eigenvalue weighted by molar-refractivity contribution is 5.97. The number of aromatic nitrogens is 2. The molecule has 0 radical (unpaired) electrons. The smallest absolute Gasteiger partial charge is 0.337 e. The Morgan fingerprint density at radius 1 is 1.30 bits per heavy atom. The fourth-order valence-corrected chi connectivity index (χ4v) is 3.76. The number of carbonyl (C=O) groups excluding carboxylic acids is 1. The van der Waals surface area contributed by atoms with Crippen molar-refractivity contribution in [3.8, 4) is 5.75 Å². The van der Waals surface area contributed by atoms with Gasteiger partial charge in [-0.15, -0.1) is 0 Å². The second-order valence-corrected chi connectivity index (χ2v) is 7.30. The molecular weight excluding hydrogens is 389 g/mol. The van der Waals surface area contributed by atoms with Crippen LogP contribution in [0, 0.1) is 12.7 Å². The Labute approximate surface area is 172 Å². The quantitative estimate of drug-likeness (QED) is 0.691. The molecule has 0 unspecified atom stereocenters. The van der Waals surface area contributed by atoms with Crippen molar-refractivity contribution in [3.05, 3.63) is 82.7 Å². The van der Waals surface area contributed by atoms with Crippen molar-refractivity contribution in [2.24, 2.45) is 7.05 Å². The largest absolute Gasteiger partial charge is 0.491 e. The number of ether oxygens (including phenoxy) is 1. The maximum absolute atomic E-state index is 14.5. The molecule has 0 spiro atoms. The number of nitrogens with zero attached hydrogens (tertiary/aromatic N) is 2. The van der Waals surface area contributed by atoms with Gasteiger partial charge in [-0.1, -0.05) is 12.1 Å². The summed E-state index contributed by atoms with van der Waals surface area (Å²) in [5, 5.41) is 12.2. The minimum Gasteiger partial charge on any atom is -0.491 e. The van der Waals surface area contributed by atoms with Gasteiger partial charge in [-0.25, -0.2) is 9.18 Å². The number of fused-ring (bicyclic) bond motifs is 1. The van der Waals surface area contributed by atoms with Crippen LogP contribution in [0.3, 0.4) is 0 Å². The van der Waals surface area contributed by atoms with Gasteiger partial charge in [0.2, 0.25) is 0 Å². The molecule has 1 amide bonds. The molecule has 3 heterocycles. The second kappa shape index (κ2) is 7.29. The number of hydrogen-bond donors (Lipinski definition) is 2. The van der Waals surface area contributed by atoms with Gasteiger partial charge in [0.25, 0.3) is 5.91 Å². The zero-order valence-electron chi connectivity index (χ0n) is 16.5. The summed E-state index contributed by atoms with van der Waals surface area (Å²) < 4.78 is 21.6. The molecular formula is C22H20FN3O4. The summed E-state index contributed by atoms with van der Waals surface area (Å²) >= 11 is 0. The van der Waals surface area contributed by atoms with Crippen LogP contribution in [0.1, 0.15) is 44.1 Å². The lowest BCUT2D eigenvalue weighted by Crippen LogP contribution is -2.50. The molecule has 2 N–H and O–H groups in total. The highest BCUT2D eigenvalue weighted by Gasteiger charge is 2.43. The molecule has 30 heavy (non-hydrogen) atoms. The number of pyridine rings is 1. The third kappa shape index (κ3) is 3.20. The summed E-state index contributed by atoms with van der Waals surface area (Å²) in [5.74, 6) is -1.51. The van der Waals surface area contributed by atoms with Gasteiger partial charge in [0, 0.05) is 25.9 Å². The summed E-state index contributed by atoms with van der Waals surface area (Å²) in [6.07, 6.45) is 3.29. The van der Waals surface area contributed by atoms with Gasteiger partial charge in [-0.2, -0.15) is 0 Å². The molecule has 1 aromatic carbocycles. The minimum atomic E-state index is -1.13. The van der Waals surface area contributed by atoms with Crippen LogP contribution in [0.4, 0.5) is 4.39 Å². The molecule has 0 saturated carbocycles.